The lowest BCUT2D eigenvalue weighted by Gasteiger charge is -2.08. The SMILES string of the molecule is C=CCc1ccccc1OCc1ccc(C(=O)Nc2cnn(Cc3ccc(F)cc3Cl)c2)o1. The van der Waals surface area contributed by atoms with Crippen LogP contribution in [-0.4, -0.2) is 15.7 Å². The summed E-state index contributed by atoms with van der Waals surface area (Å²) in [7, 11) is 0. The van der Waals surface area contributed by atoms with Crippen LogP contribution in [0.2, 0.25) is 5.02 Å². The molecule has 168 valence electrons. The highest BCUT2D eigenvalue weighted by Gasteiger charge is 2.14. The molecule has 0 aliphatic rings. The van der Waals surface area contributed by atoms with Crippen molar-refractivity contribution in [2.24, 2.45) is 0 Å². The first-order valence-electron chi connectivity index (χ1n) is 10.2. The van der Waals surface area contributed by atoms with Crippen LogP contribution in [0.15, 0.2) is 84.1 Å². The maximum absolute atomic E-state index is 13.2. The number of benzene rings is 2. The van der Waals surface area contributed by atoms with Crippen LogP contribution in [0.3, 0.4) is 0 Å². The van der Waals surface area contributed by atoms with E-state index in [-0.39, 0.29) is 12.4 Å². The fourth-order valence-electron chi connectivity index (χ4n) is 3.23. The lowest BCUT2D eigenvalue weighted by molar-refractivity contribution is 0.0992. The van der Waals surface area contributed by atoms with Crippen molar-refractivity contribution in [1.82, 2.24) is 9.78 Å². The highest BCUT2D eigenvalue weighted by atomic mass is 35.5. The van der Waals surface area contributed by atoms with Crippen LogP contribution in [0.25, 0.3) is 0 Å². The van der Waals surface area contributed by atoms with Crippen molar-refractivity contribution in [3.63, 3.8) is 0 Å². The Hall–Kier alpha value is -3.84. The fourth-order valence-corrected chi connectivity index (χ4v) is 3.45. The third kappa shape index (κ3) is 5.70. The van der Waals surface area contributed by atoms with Gasteiger partial charge in [-0.25, -0.2) is 4.39 Å². The summed E-state index contributed by atoms with van der Waals surface area (Å²) in [6, 6.07) is 15.2. The zero-order valence-electron chi connectivity index (χ0n) is 17.6. The lowest BCUT2D eigenvalue weighted by Crippen LogP contribution is -2.10. The molecule has 0 atom stereocenters. The van der Waals surface area contributed by atoms with E-state index in [1.54, 1.807) is 29.1 Å². The zero-order valence-corrected chi connectivity index (χ0v) is 18.4. The van der Waals surface area contributed by atoms with Gasteiger partial charge in [-0.3, -0.25) is 9.48 Å². The highest BCUT2D eigenvalue weighted by Crippen LogP contribution is 2.22. The second kappa shape index (κ2) is 10.2. The van der Waals surface area contributed by atoms with E-state index in [9.17, 15) is 9.18 Å². The van der Waals surface area contributed by atoms with Gasteiger partial charge in [0.25, 0.3) is 5.91 Å². The molecule has 0 radical (unpaired) electrons. The summed E-state index contributed by atoms with van der Waals surface area (Å²) in [4.78, 5) is 12.5. The van der Waals surface area contributed by atoms with Gasteiger partial charge in [-0.2, -0.15) is 5.10 Å². The average Bonchev–Trinajstić information content (AvgIpc) is 3.45. The maximum atomic E-state index is 13.2. The Balaban J connectivity index is 1.35. The molecule has 0 saturated carbocycles. The van der Waals surface area contributed by atoms with Crippen molar-refractivity contribution in [3.8, 4) is 5.75 Å². The van der Waals surface area contributed by atoms with Crippen molar-refractivity contribution in [2.45, 2.75) is 19.6 Å². The molecule has 4 rings (SSSR count). The van der Waals surface area contributed by atoms with E-state index in [1.807, 2.05) is 30.3 Å². The van der Waals surface area contributed by atoms with Crippen molar-refractivity contribution in [1.29, 1.82) is 0 Å². The number of furan rings is 1. The largest absolute Gasteiger partial charge is 0.485 e. The second-order valence-electron chi connectivity index (χ2n) is 7.27. The normalized spacial score (nSPS) is 10.7. The average molecular weight is 466 g/mol. The summed E-state index contributed by atoms with van der Waals surface area (Å²) in [6.45, 7) is 4.29. The van der Waals surface area contributed by atoms with Crippen molar-refractivity contribution < 1.29 is 18.3 Å². The molecule has 1 amide bonds. The number of carbonyl (C=O) groups is 1. The molecule has 1 N–H and O–H groups in total. The van der Waals surface area contributed by atoms with Crippen molar-refractivity contribution in [3.05, 3.63) is 113 Å². The number of nitrogens with one attached hydrogen (secondary N) is 1. The number of para-hydroxylation sites is 1. The minimum atomic E-state index is -0.410. The van der Waals surface area contributed by atoms with Gasteiger partial charge in [0.05, 0.1) is 18.4 Å². The number of ether oxygens (including phenoxy) is 1. The molecule has 0 aliphatic carbocycles. The molecular weight excluding hydrogens is 445 g/mol. The molecule has 0 unspecified atom stereocenters. The predicted molar refractivity (Wildman–Crippen MR) is 124 cm³/mol. The molecule has 2 aromatic carbocycles. The number of rotatable bonds is 9. The predicted octanol–water partition coefficient (Wildman–Crippen LogP) is 5.88. The van der Waals surface area contributed by atoms with Crippen molar-refractivity contribution >= 4 is 23.2 Å². The van der Waals surface area contributed by atoms with Crippen LogP contribution >= 0.6 is 11.6 Å². The lowest BCUT2D eigenvalue weighted by atomic mass is 10.1. The van der Waals surface area contributed by atoms with E-state index in [2.05, 4.69) is 17.0 Å². The van der Waals surface area contributed by atoms with E-state index in [1.165, 1.54) is 18.3 Å². The number of halogens is 2. The smallest absolute Gasteiger partial charge is 0.291 e. The Bertz CT molecular complexity index is 1280. The van der Waals surface area contributed by atoms with Crippen LogP contribution < -0.4 is 10.1 Å². The van der Waals surface area contributed by atoms with Crippen LogP contribution in [0.4, 0.5) is 10.1 Å². The summed E-state index contributed by atoms with van der Waals surface area (Å²) < 4.78 is 26.3. The van der Waals surface area contributed by atoms with Crippen LogP contribution in [0.1, 0.15) is 27.4 Å². The zero-order chi connectivity index (χ0) is 23.2. The summed E-state index contributed by atoms with van der Waals surface area (Å²) in [5, 5.41) is 7.26. The molecule has 2 heterocycles. The molecule has 0 bridgehead atoms. The van der Waals surface area contributed by atoms with E-state index >= 15 is 0 Å². The van der Waals surface area contributed by atoms with Gasteiger partial charge in [-0.15, -0.1) is 6.58 Å². The molecule has 2 aromatic heterocycles. The molecular formula is C25H21ClFN3O3. The molecule has 4 aromatic rings. The Morgan fingerprint density at radius 1 is 1.21 bits per heavy atom. The third-order valence-electron chi connectivity index (χ3n) is 4.83. The van der Waals surface area contributed by atoms with Crippen LogP contribution in [0.5, 0.6) is 5.75 Å². The molecule has 6 nitrogen and oxygen atoms in total. The first kappa shape index (κ1) is 22.4. The first-order chi connectivity index (χ1) is 16.0. The first-order valence-corrected chi connectivity index (χ1v) is 10.6. The highest BCUT2D eigenvalue weighted by molar-refractivity contribution is 6.31. The standard InChI is InChI=1S/C25H21ClFN3O3/c1-2-5-17-6-3-4-7-23(17)32-16-21-10-11-24(33-21)25(31)29-20-13-28-30(15-20)14-18-8-9-19(27)12-22(18)26/h2-4,6-13,15H,1,5,14,16H2,(H,29,31). The Kier molecular flexibility index (Phi) is 6.90. The Morgan fingerprint density at radius 2 is 2.06 bits per heavy atom. The Morgan fingerprint density at radius 3 is 2.88 bits per heavy atom. The molecule has 0 saturated heterocycles. The number of hydrogen-bond donors (Lipinski definition) is 1. The fraction of sp³-hybridized carbons (Fsp3) is 0.120. The molecule has 33 heavy (non-hydrogen) atoms. The van der Waals surface area contributed by atoms with Gasteiger partial charge in [0.2, 0.25) is 0 Å². The number of allylic oxidation sites excluding steroid dienone is 1. The Labute approximate surface area is 195 Å². The van der Waals surface area contributed by atoms with Crippen molar-refractivity contribution in [2.75, 3.05) is 5.32 Å². The monoisotopic (exact) mass is 465 g/mol. The summed E-state index contributed by atoms with van der Waals surface area (Å²) in [5.74, 6) is 0.611. The minimum Gasteiger partial charge on any atom is -0.485 e. The van der Waals surface area contributed by atoms with E-state index in [0.29, 0.717) is 35.0 Å². The number of amides is 1. The van der Waals surface area contributed by atoms with Crippen LogP contribution in [-0.2, 0) is 19.6 Å². The van der Waals surface area contributed by atoms with Gasteiger partial charge in [0.15, 0.2) is 5.76 Å². The van der Waals surface area contributed by atoms with Gasteiger partial charge < -0.3 is 14.5 Å². The maximum Gasteiger partial charge on any atom is 0.291 e. The topological polar surface area (TPSA) is 69.3 Å². The summed E-state index contributed by atoms with van der Waals surface area (Å²) >= 11 is 6.06. The van der Waals surface area contributed by atoms with E-state index in [4.69, 9.17) is 20.8 Å². The molecule has 8 heteroatoms. The minimum absolute atomic E-state index is 0.155. The molecule has 0 aliphatic heterocycles. The van der Waals surface area contributed by atoms with Gasteiger partial charge in [0, 0.05) is 11.2 Å². The van der Waals surface area contributed by atoms with E-state index < -0.39 is 11.7 Å². The number of nitrogens with zero attached hydrogens (tertiary/aromatic N) is 2. The second-order valence-corrected chi connectivity index (χ2v) is 7.68. The summed E-state index contributed by atoms with van der Waals surface area (Å²) in [6.07, 6.45) is 5.68. The third-order valence-corrected chi connectivity index (χ3v) is 5.18. The molecule has 0 spiro atoms. The van der Waals surface area contributed by atoms with Gasteiger partial charge in [-0.05, 0) is 47.9 Å². The number of carbonyl (C=O) groups excluding carboxylic acids is 1. The summed E-state index contributed by atoms with van der Waals surface area (Å²) in [5.41, 5.74) is 2.23. The van der Waals surface area contributed by atoms with Gasteiger partial charge in [-0.1, -0.05) is 41.9 Å². The van der Waals surface area contributed by atoms with Gasteiger partial charge >= 0.3 is 0 Å². The van der Waals surface area contributed by atoms with E-state index in [0.717, 1.165) is 11.3 Å². The van der Waals surface area contributed by atoms with Gasteiger partial charge in [0.1, 0.15) is 23.9 Å². The number of aromatic nitrogens is 2. The van der Waals surface area contributed by atoms with Crippen LogP contribution in [0, 0.1) is 5.82 Å². The number of anilines is 1. The quantitative estimate of drug-likeness (QED) is 0.313. The molecule has 0 fully saturated rings. The number of hydrogen-bond acceptors (Lipinski definition) is 4.